The highest BCUT2D eigenvalue weighted by Gasteiger charge is 2.56. The molecule has 6 nitrogen and oxygen atoms in total. The minimum atomic E-state index is 0.201. The van der Waals surface area contributed by atoms with Gasteiger partial charge in [0.15, 0.2) is 0 Å². The first-order chi connectivity index (χ1) is 11.8. The Kier molecular flexibility index (Phi) is 4.24. The molecule has 0 bridgehead atoms. The first-order valence-electron chi connectivity index (χ1n) is 8.73. The number of nitrogens with one attached hydrogen (secondary N) is 1. The molecule has 2 unspecified atom stereocenters. The van der Waals surface area contributed by atoms with Crippen LogP contribution in [0.15, 0.2) is 36.9 Å². The average Bonchev–Trinajstić information content (AvgIpc) is 3.11. The Labute approximate surface area is 142 Å². The molecule has 2 aromatic rings. The predicted octanol–water partition coefficient (Wildman–Crippen LogP) is 2.65. The van der Waals surface area contributed by atoms with E-state index in [1.165, 1.54) is 0 Å². The maximum atomic E-state index is 5.99. The normalized spacial score (nSPS) is 25.4. The van der Waals surface area contributed by atoms with Gasteiger partial charge >= 0.3 is 0 Å². The fourth-order valence-electron chi connectivity index (χ4n) is 4.04. The molecule has 128 valence electrons. The van der Waals surface area contributed by atoms with Crippen molar-refractivity contribution in [2.45, 2.75) is 38.3 Å². The molecule has 1 aliphatic heterocycles. The van der Waals surface area contributed by atoms with Gasteiger partial charge in [-0.1, -0.05) is 0 Å². The van der Waals surface area contributed by atoms with Crippen molar-refractivity contribution in [1.82, 2.24) is 14.8 Å². The van der Waals surface area contributed by atoms with Gasteiger partial charge in [-0.05, 0) is 38.3 Å². The molecular weight excluding hydrogens is 304 g/mol. The summed E-state index contributed by atoms with van der Waals surface area (Å²) in [6.07, 6.45) is 11.0. The molecule has 1 saturated carbocycles. The van der Waals surface area contributed by atoms with E-state index in [0.717, 1.165) is 50.5 Å². The lowest BCUT2D eigenvalue weighted by atomic mass is 9.57. The molecule has 2 fully saturated rings. The smallest absolute Gasteiger partial charge is 0.0733 e. The summed E-state index contributed by atoms with van der Waals surface area (Å²) in [5, 5.41) is 8.14. The zero-order valence-corrected chi connectivity index (χ0v) is 14.0. The molecule has 0 radical (unpaired) electrons. The number of anilines is 1. The Morgan fingerprint density at radius 2 is 2.12 bits per heavy atom. The minimum absolute atomic E-state index is 0.201. The van der Waals surface area contributed by atoms with Gasteiger partial charge in [-0.3, -0.25) is 4.98 Å². The summed E-state index contributed by atoms with van der Waals surface area (Å²) in [4.78, 5) is 4.05. The molecular formula is C18H24N4O2. The Morgan fingerprint density at radius 1 is 1.33 bits per heavy atom. The first kappa shape index (κ1) is 15.6. The van der Waals surface area contributed by atoms with Crippen LogP contribution in [0.3, 0.4) is 0 Å². The van der Waals surface area contributed by atoms with E-state index in [4.69, 9.17) is 9.47 Å². The summed E-state index contributed by atoms with van der Waals surface area (Å²) < 4.78 is 13.4. The van der Waals surface area contributed by atoms with Crippen molar-refractivity contribution in [2.24, 2.45) is 5.41 Å². The lowest BCUT2D eigenvalue weighted by Crippen LogP contribution is -2.63. The van der Waals surface area contributed by atoms with Gasteiger partial charge in [0, 0.05) is 43.7 Å². The van der Waals surface area contributed by atoms with E-state index in [1.807, 2.05) is 29.2 Å². The van der Waals surface area contributed by atoms with Gasteiger partial charge in [-0.2, -0.15) is 5.10 Å². The number of hydrogen-bond acceptors (Lipinski definition) is 5. The van der Waals surface area contributed by atoms with Crippen molar-refractivity contribution >= 4 is 5.69 Å². The lowest BCUT2D eigenvalue weighted by Gasteiger charge is -2.57. The van der Waals surface area contributed by atoms with Crippen molar-refractivity contribution in [3.63, 3.8) is 0 Å². The third-order valence-electron chi connectivity index (χ3n) is 5.43. The number of aromatic nitrogens is 3. The molecule has 0 amide bonds. The van der Waals surface area contributed by atoms with Crippen molar-refractivity contribution in [1.29, 1.82) is 0 Å². The highest BCUT2D eigenvalue weighted by molar-refractivity contribution is 5.44. The fourth-order valence-corrected chi connectivity index (χ4v) is 4.04. The van der Waals surface area contributed by atoms with E-state index in [1.54, 1.807) is 12.4 Å². The summed E-state index contributed by atoms with van der Waals surface area (Å²) in [5.74, 6) is 0. The van der Waals surface area contributed by atoms with Gasteiger partial charge in [0.05, 0.1) is 29.9 Å². The molecule has 1 N–H and O–H groups in total. The summed E-state index contributed by atoms with van der Waals surface area (Å²) in [6.45, 7) is 4.52. The quantitative estimate of drug-likeness (QED) is 0.914. The Morgan fingerprint density at radius 3 is 2.88 bits per heavy atom. The highest BCUT2D eigenvalue weighted by atomic mass is 16.5. The Hall–Kier alpha value is -1.92. The van der Waals surface area contributed by atoms with E-state index in [2.05, 4.69) is 22.3 Å². The van der Waals surface area contributed by atoms with Crippen LogP contribution in [-0.2, 0) is 9.47 Å². The zero-order chi connectivity index (χ0) is 16.4. The standard InChI is InChI=1S/C18H24N4O2/c1-2-24-17-11-16(18(17)5-9-23-10-6-18)21-14-12-20-22(13-14)15-3-7-19-8-4-15/h3-4,7-8,12-13,16-17,21H,2,5-6,9-11H2,1H3. The third-order valence-corrected chi connectivity index (χ3v) is 5.43. The Bertz CT molecular complexity index is 667. The largest absolute Gasteiger partial charge is 0.381 e. The molecule has 0 aromatic carbocycles. The van der Waals surface area contributed by atoms with Crippen LogP contribution in [0.1, 0.15) is 26.2 Å². The number of ether oxygens (including phenoxy) is 2. The molecule has 1 saturated heterocycles. The predicted molar refractivity (Wildman–Crippen MR) is 91.3 cm³/mol. The van der Waals surface area contributed by atoms with Crippen molar-refractivity contribution in [2.75, 3.05) is 25.1 Å². The van der Waals surface area contributed by atoms with E-state index in [0.29, 0.717) is 12.1 Å². The molecule has 2 aliphatic rings. The van der Waals surface area contributed by atoms with Crippen molar-refractivity contribution in [3.05, 3.63) is 36.9 Å². The van der Waals surface area contributed by atoms with Crippen LogP contribution in [0, 0.1) is 5.41 Å². The average molecular weight is 328 g/mol. The van der Waals surface area contributed by atoms with Crippen LogP contribution >= 0.6 is 0 Å². The summed E-state index contributed by atoms with van der Waals surface area (Å²) >= 11 is 0. The van der Waals surface area contributed by atoms with Crippen molar-refractivity contribution in [3.8, 4) is 5.69 Å². The van der Waals surface area contributed by atoms with Crippen LogP contribution in [0.25, 0.3) is 5.69 Å². The third kappa shape index (κ3) is 2.70. The number of hydrogen-bond donors (Lipinski definition) is 1. The number of nitrogens with zero attached hydrogens (tertiary/aromatic N) is 3. The topological polar surface area (TPSA) is 61.2 Å². The molecule has 2 atom stereocenters. The van der Waals surface area contributed by atoms with E-state index in [-0.39, 0.29) is 5.41 Å². The van der Waals surface area contributed by atoms with Crippen LogP contribution in [0.2, 0.25) is 0 Å². The van der Waals surface area contributed by atoms with Gasteiger partial charge in [-0.25, -0.2) is 4.68 Å². The molecule has 24 heavy (non-hydrogen) atoms. The molecule has 3 heterocycles. The molecule has 4 rings (SSSR count). The Balaban J connectivity index is 1.48. The lowest BCUT2D eigenvalue weighted by molar-refractivity contribution is -0.159. The van der Waals surface area contributed by atoms with E-state index >= 15 is 0 Å². The van der Waals surface area contributed by atoms with Crippen molar-refractivity contribution < 1.29 is 9.47 Å². The van der Waals surface area contributed by atoms with E-state index < -0.39 is 0 Å². The van der Waals surface area contributed by atoms with Crippen LogP contribution in [0.5, 0.6) is 0 Å². The monoisotopic (exact) mass is 328 g/mol. The van der Waals surface area contributed by atoms with E-state index in [9.17, 15) is 0 Å². The summed E-state index contributed by atoms with van der Waals surface area (Å²) in [5.41, 5.74) is 2.27. The first-order valence-corrected chi connectivity index (χ1v) is 8.73. The maximum Gasteiger partial charge on any atom is 0.0733 e. The fraction of sp³-hybridized carbons (Fsp3) is 0.556. The molecule has 1 aliphatic carbocycles. The van der Waals surface area contributed by atoms with Crippen LogP contribution in [-0.4, -0.2) is 46.7 Å². The molecule has 6 heteroatoms. The second-order valence-corrected chi connectivity index (χ2v) is 6.60. The summed E-state index contributed by atoms with van der Waals surface area (Å²) in [6, 6.07) is 4.32. The number of pyridine rings is 1. The van der Waals surface area contributed by atoms with Crippen LogP contribution < -0.4 is 5.32 Å². The van der Waals surface area contributed by atoms with Gasteiger partial charge in [-0.15, -0.1) is 0 Å². The SMILES string of the molecule is CCOC1CC(Nc2cnn(-c3ccncc3)c2)C12CCOCC2. The summed E-state index contributed by atoms with van der Waals surface area (Å²) in [7, 11) is 0. The zero-order valence-electron chi connectivity index (χ0n) is 14.0. The van der Waals surface area contributed by atoms with Gasteiger partial charge < -0.3 is 14.8 Å². The van der Waals surface area contributed by atoms with Gasteiger partial charge in [0.2, 0.25) is 0 Å². The van der Waals surface area contributed by atoms with Gasteiger partial charge in [0.1, 0.15) is 0 Å². The second-order valence-electron chi connectivity index (χ2n) is 6.60. The number of rotatable bonds is 5. The van der Waals surface area contributed by atoms with Gasteiger partial charge in [0.25, 0.3) is 0 Å². The molecule has 2 aromatic heterocycles. The second kappa shape index (κ2) is 6.53. The van der Waals surface area contributed by atoms with Crippen LogP contribution in [0.4, 0.5) is 5.69 Å². The maximum absolute atomic E-state index is 5.99. The molecule has 1 spiro atoms. The highest BCUT2D eigenvalue weighted by Crippen LogP contribution is 2.51. The minimum Gasteiger partial charge on any atom is -0.381 e.